The van der Waals surface area contributed by atoms with Crippen molar-refractivity contribution in [1.82, 2.24) is 0 Å². The third-order valence-corrected chi connectivity index (χ3v) is 2.61. The van der Waals surface area contributed by atoms with Crippen molar-refractivity contribution in [2.45, 2.75) is 26.3 Å². The van der Waals surface area contributed by atoms with Crippen LogP contribution in [0.3, 0.4) is 0 Å². The summed E-state index contributed by atoms with van der Waals surface area (Å²) in [7, 11) is 0. The van der Waals surface area contributed by atoms with Crippen molar-refractivity contribution in [3.63, 3.8) is 0 Å². The molecule has 0 saturated carbocycles. The summed E-state index contributed by atoms with van der Waals surface area (Å²) in [6.07, 6.45) is 0.251. The van der Waals surface area contributed by atoms with E-state index in [0.29, 0.717) is 22.9 Å². The molecule has 0 amide bonds. The molecule has 0 heterocycles. The fourth-order valence-electron chi connectivity index (χ4n) is 1.49. The number of benzene rings is 1. The molecule has 96 valence electrons. The number of halogens is 1. The highest BCUT2D eigenvalue weighted by Crippen LogP contribution is 2.23. The number of rotatable bonds is 5. The summed E-state index contributed by atoms with van der Waals surface area (Å²) in [5, 5.41) is 12.4. The maximum Gasteiger partial charge on any atom is 0.307 e. The van der Waals surface area contributed by atoms with Crippen molar-refractivity contribution in [3.8, 4) is 6.07 Å². The Hall–Kier alpha value is -1.73. The molecule has 1 unspecified atom stereocenters. The molecule has 1 atom stereocenters. The van der Waals surface area contributed by atoms with Crippen LogP contribution in [0, 0.1) is 11.3 Å². The van der Waals surface area contributed by atoms with Gasteiger partial charge in [-0.05, 0) is 32.0 Å². The second-order valence-electron chi connectivity index (χ2n) is 3.86. The van der Waals surface area contributed by atoms with Gasteiger partial charge in [0.1, 0.15) is 0 Å². The molecule has 0 aliphatic rings. The van der Waals surface area contributed by atoms with Crippen LogP contribution in [0.15, 0.2) is 18.2 Å². The molecule has 0 fully saturated rings. The van der Waals surface area contributed by atoms with Gasteiger partial charge in [-0.15, -0.1) is 0 Å². The predicted octanol–water partition coefficient (Wildman–Crippen LogP) is 2.97. The molecule has 4 nitrogen and oxygen atoms in total. The van der Waals surface area contributed by atoms with Gasteiger partial charge < -0.3 is 10.1 Å². The largest absolute Gasteiger partial charge is 0.466 e. The minimum Gasteiger partial charge on any atom is -0.466 e. The van der Waals surface area contributed by atoms with E-state index in [9.17, 15) is 4.79 Å². The average molecular weight is 267 g/mol. The number of hydrogen-bond donors (Lipinski definition) is 1. The zero-order valence-electron chi connectivity index (χ0n) is 10.4. The van der Waals surface area contributed by atoms with Gasteiger partial charge in [-0.3, -0.25) is 4.79 Å². The van der Waals surface area contributed by atoms with Crippen LogP contribution in [0.2, 0.25) is 5.02 Å². The third kappa shape index (κ3) is 4.27. The highest BCUT2D eigenvalue weighted by Gasteiger charge is 2.11. The first kappa shape index (κ1) is 14.3. The van der Waals surface area contributed by atoms with Gasteiger partial charge >= 0.3 is 5.97 Å². The van der Waals surface area contributed by atoms with Gasteiger partial charge in [-0.25, -0.2) is 0 Å². The molecule has 0 aliphatic carbocycles. The van der Waals surface area contributed by atoms with Crippen molar-refractivity contribution in [2.24, 2.45) is 0 Å². The lowest BCUT2D eigenvalue weighted by Crippen LogP contribution is -2.21. The normalized spacial score (nSPS) is 11.4. The third-order valence-electron chi connectivity index (χ3n) is 2.28. The molecule has 0 aliphatic heterocycles. The first-order chi connectivity index (χ1) is 8.56. The molecule has 1 rings (SSSR count). The topological polar surface area (TPSA) is 62.1 Å². The Morgan fingerprint density at radius 1 is 1.61 bits per heavy atom. The summed E-state index contributed by atoms with van der Waals surface area (Å²) < 4.78 is 4.86. The van der Waals surface area contributed by atoms with Crippen LogP contribution in [0.25, 0.3) is 0 Å². The molecule has 0 spiro atoms. The van der Waals surface area contributed by atoms with Crippen molar-refractivity contribution >= 4 is 23.3 Å². The molecule has 0 saturated heterocycles. The number of hydrogen-bond acceptors (Lipinski definition) is 4. The Balaban J connectivity index is 2.67. The molecule has 1 N–H and O–H groups in total. The Labute approximate surface area is 112 Å². The average Bonchev–Trinajstić information content (AvgIpc) is 2.32. The van der Waals surface area contributed by atoms with Crippen LogP contribution < -0.4 is 5.32 Å². The molecular weight excluding hydrogens is 252 g/mol. The Bertz CT molecular complexity index is 469. The van der Waals surface area contributed by atoms with Crippen molar-refractivity contribution in [1.29, 1.82) is 5.26 Å². The van der Waals surface area contributed by atoms with E-state index in [1.54, 1.807) is 25.1 Å². The zero-order valence-corrected chi connectivity index (χ0v) is 11.1. The fraction of sp³-hybridized carbons (Fsp3) is 0.385. The molecule has 5 heteroatoms. The standard InChI is InChI=1S/C13H15ClN2O2/c1-3-18-13(17)6-9(2)16-12-7-10(8-15)4-5-11(12)14/h4-5,7,9,16H,3,6H2,1-2H3. The second-order valence-corrected chi connectivity index (χ2v) is 4.27. The minimum atomic E-state index is -0.259. The lowest BCUT2D eigenvalue weighted by Gasteiger charge is -2.15. The van der Waals surface area contributed by atoms with E-state index in [1.165, 1.54) is 0 Å². The molecule has 1 aromatic rings. The van der Waals surface area contributed by atoms with Crippen molar-refractivity contribution in [3.05, 3.63) is 28.8 Å². The first-order valence-corrected chi connectivity index (χ1v) is 6.06. The molecule has 0 aromatic heterocycles. The van der Waals surface area contributed by atoms with E-state index >= 15 is 0 Å². The van der Waals surface area contributed by atoms with Gasteiger partial charge in [0.25, 0.3) is 0 Å². The Kier molecular flexibility index (Phi) is 5.47. The van der Waals surface area contributed by atoms with Crippen LogP contribution in [0.4, 0.5) is 5.69 Å². The number of carbonyl (C=O) groups is 1. The number of esters is 1. The number of nitriles is 1. The van der Waals surface area contributed by atoms with E-state index in [-0.39, 0.29) is 18.4 Å². The van der Waals surface area contributed by atoms with Gasteiger partial charge in [0, 0.05) is 6.04 Å². The minimum absolute atomic E-state index is 0.115. The smallest absolute Gasteiger partial charge is 0.307 e. The lowest BCUT2D eigenvalue weighted by atomic mass is 10.2. The number of carbonyl (C=O) groups excluding carboxylic acids is 1. The monoisotopic (exact) mass is 266 g/mol. The lowest BCUT2D eigenvalue weighted by molar-refractivity contribution is -0.143. The molecule has 0 radical (unpaired) electrons. The summed E-state index contributed by atoms with van der Waals surface area (Å²) in [6.45, 7) is 3.99. The van der Waals surface area contributed by atoms with Crippen LogP contribution in [0.1, 0.15) is 25.8 Å². The van der Waals surface area contributed by atoms with E-state index < -0.39 is 0 Å². The fourth-order valence-corrected chi connectivity index (χ4v) is 1.66. The highest BCUT2D eigenvalue weighted by atomic mass is 35.5. The summed E-state index contributed by atoms with van der Waals surface area (Å²) in [6, 6.07) is 6.87. The number of nitrogens with one attached hydrogen (secondary N) is 1. The van der Waals surface area contributed by atoms with E-state index in [4.69, 9.17) is 21.6 Å². The molecule has 18 heavy (non-hydrogen) atoms. The SMILES string of the molecule is CCOC(=O)CC(C)Nc1cc(C#N)ccc1Cl. The zero-order chi connectivity index (χ0) is 13.5. The molecule has 1 aromatic carbocycles. The number of anilines is 1. The summed E-state index contributed by atoms with van der Waals surface area (Å²) >= 11 is 6.01. The van der Waals surface area contributed by atoms with Crippen LogP contribution >= 0.6 is 11.6 Å². The summed E-state index contributed by atoms with van der Waals surface area (Å²) in [4.78, 5) is 11.3. The maximum absolute atomic E-state index is 11.3. The number of ether oxygens (including phenoxy) is 1. The van der Waals surface area contributed by atoms with Gasteiger partial charge in [-0.1, -0.05) is 11.6 Å². The van der Waals surface area contributed by atoms with Crippen LogP contribution in [0.5, 0.6) is 0 Å². The predicted molar refractivity (Wildman–Crippen MR) is 70.5 cm³/mol. The van der Waals surface area contributed by atoms with Crippen LogP contribution in [-0.4, -0.2) is 18.6 Å². The van der Waals surface area contributed by atoms with Crippen molar-refractivity contribution < 1.29 is 9.53 Å². The first-order valence-electron chi connectivity index (χ1n) is 5.68. The van der Waals surface area contributed by atoms with Gasteiger partial charge in [0.15, 0.2) is 0 Å². The van der Waals surface area contributed by atoms with Gasteiger partial charge in [0.2, 0.25) is 0 Å². The Morgan fingerprint density at radius 2 is 2.33 bits per heavy atom. The Morgan fingerprint density at radius 3 is 2.94 bits per heavy atom. The van der Waals surface area contributed by atoms with Gasteiger partial charge in [0.05, 0.1) is 35.4 Å². The summed E-state index contributed by atoms with van der Waals surface area (Å²) in [5.41, 5.74) is 1.16. The summed E-state index contributed by atoms with van der Waals surface area (Å²) in [5.74, 6) is -0.259. The quantitative estimate of drug-likeness (QED) is 0.833. The molecular formula is C13H15ClN2O2. The highest BCUT2D eigenvalue weighted by molar-refractivity contribution is 6.33. The molecule has 0 bridgehead atoms. The maximum atomic E-state index is 11.3. The van der Waals surface area contributed by atoms with Gasteiger partial charge in [-0.2, -0.15) is 5.26 Å². The second kappa shape index (κ2) is 6.87. The van der Waals surface area contributed by atoms with E-state index in [0.717, 1.165) is 0 Å². The van der Waals surface area contributed by atoms with E-state index in [2.05, 4.69) is 5.32 Å². The van der Waals surface area contributed by atoms with Crippen LogP contribution in [-0.2, 0) is 9.53 Å². The van der Waals surface area contributed by atoms with Crippen molar-refractivity contribution in [2.75, 3.05) is 11.9 Å². The van der Waals surface area contributed by atoms with E-state index in [1.807, 2.05) is 13.0 Å². The number of nitrogens with zero attached hydrogens (tertiary/aromatic N) is 1.